The summed E-state index contributed by atoms with van der Waals surface area (Å²) >= 11 is 0. The molecule has 0 saturated heterocycles. The number of nitrogens with zero attached hydrogens (tertiary/aromatic N) is 3. The SMILES string of the molecule is c1ccc(-c2nc(-n3c4ccccc4c4c5c6ccccc6c6ccccc6c5c5ccccc5c43)nc3cc4c(cc23)oc2ccccc24)cc1. The highest BCUT2D eigenvalue weighted by Crippen LogP contribution is 2.48. The van der Waals surface area contributed by atoms with Gasteiger partial charge in [0.05, 0.1) is 22.2 Å². The van der Waals surface area contributed by atoms with Gasteiger partial charge >= 0.3 is 0 Å². The summed E-state index contributed by atoms with van der Waals surface area (Å²) in [6.07, 6.45) is 0. The molecule has 3 aromatic heterocycles. The minimum absolute atomic E-state index is 0.638. The predicted octanol–water partition coefficient (Wildman–Crippen LogP) is 12.9. The van der Waals surface area contributed by atoms with Crippen LogP contribution < -0.4 is 0 Å². The molecular formula is C48H27N3O. The molecule has 0 atom stereocenters. The maximum Gasteiger partial charge on any atom is 0.235 e. The van der Waals surface area contributed by atoms with E-state index in [0.29, 0.717) is 5.95 Å². The van der Waals surface area contributed by atoms with Gasteiger partial charge in [-0.05, 0) is 56.6 Å². The summed E-state index contributed by atoms with van der Waals surface area (Å²) in [6, 6.07) is 58.2. The van der Waals surface area contributed by atoms with Gasteiger partial charge in [0.2, 0.25) is 5.95 Å². The molecule has 240 valence electrons. The molecule has 0 bridgehead atoms. The summed E-state index contributed by atoms with van der Waals surface area (Å²) in [5.41, 5.74) is 6.64. The molecule has 0 unspecified atom stereocenters. The highest BCUT2D eigenvalue weighted by molar-refractivity contribution is 6.42. The lowest BCUT2D eigenvalue weighted by Gasteiger charge is -2.16. The van der Waals surface area contributed by atoms with Crippen LogP contribution in [0.5, 0.6) is 0 Å². The van der Waals surface area contributed by atoms with Crippen LogP contribution in [0.15, 0.2) is 168 Å². The monoisotopic (exact) mass is 661 g/mol. The van der Waals surface area contributed by atoms with E-state index in [2.05, 4.69) is 150 Å². The van der Waals surface area contributed by atoms with Crippen molar-refractivity contribution in [2.24, 2.45) is 0 Å². The second-order valence-electron chi connectivity index (χ2n) is 13.7. The van der Waals surface area contributed by atoms with Gasteiger partial charge in [0.1, 0.15) is 11.2 Å². The van der Waals surface area contributed by atoms with Gasteiger partial charge < -0.3 is 4.42 Å². The number of hydrogen-bond acceptors (Lipinski definition) is 3. The Kier molecular flexibility index (Phi) is 5.47. The van der Waals surface area contributed by atoms with E-state index in [9.17, 15) is 0 Å². The first-order valence-electron chi connectivity index (χ1n) is 17.7. The predicted molar refractivity (Wildman–Crippen MR) is 217 cm³/mol. The van der Waals surface area contributed by atoms with Crippen molar-refractivity contribution < 1.29 is 4.42 Å². The quantitative estimate of drug-likeness (QED) is 0.173. The lowest BCUT2D eigenvalue weighted by Crippen LogP contribution is -2.04. The molecule has 0 aliphatic rings. The van der Waals surface area contributed by atoms with E-state index in [1.54, 1.807) is 0 Å². The largest absolute Gasteiger partial charge is 0.456 e. The van der Waals surface area contributed by atoms with Crippen LogP contribution in [-0.4, -0.2) is 14.5 Å². The molecule has 12 aromatic rings. The average molecular weight is 662 g/mol. The van der Waals surface area contributed by atoms with E-state index in [0.717, 1.165) is 55.1 Å². The zero-order valence-corrected chi connectivity index (χ0v) is 27.8. The van der Waals surface area contributed by atoms with Crippen molar-refractivity contribution >= 4 is 97.7 Å². The number of furan rings is 1. The van der Waals surface area contributed by atoms with Crippen LogP contribution >= 0.6 is 0 Å². The summed E-state index contributed by atoms with van der Waals surface area (Å²) in [4.78, 5) is 10.9. The van der Waals surface area contributed by atoms with Crippen LogP contribution in [0.4, 0.5) is 0 Å². The Balaban J connectivity index is 1.32. The third kappa shape index (κ3) is 3.65. The van der Waals surface area contributed by atoms with Crippen molar-refractivity contribution in [3.63, 3.8) is 0 Å². The number of fused-ring (bicyclic) bond motifs is 17. The fourth-order valence-electron chi connectivity index (χ4n) is 8.80. The van der Waals surface area contributed by atoms with E-state index in [-0.39, 0.29) is 0 Å². The second-order valence-corrected chi connectivity index (χ2v) is 13.7. The van der Waals surface area contributed by atoms with Crippen molar-refractivity contribution in [1.82, 2.24) is 14.5 Å². The summed E-state index contributed by atoms with van der Waals surface area (Å²) in [6.45, 7) is 0. The molecular weight excluding hydrogens is 635 g/mol. The lowest BCUT2D eigenvalue weighted by atomic mass is 9.88. The van der Waals surface area contributed by atoms with Crippen molar-refractivity contribution in [1.29, 1.82) is 0 Å². The smallest absolute Gasteiger partial charge is 0.235 e. The standard InChI is InChI=1S/C48H27N3O/c1-2-14-28(15-3-1)46-38-27-42-37(31-18-11-13-25-41(31)52-42)26-39(38)49-48(50-46)51-40-24-12-10-23-36(40)45-44-33-20-7-5-17-30(33)29-16-4-6-19-32(29)43(44)34-21-8-9-22-35(34)47(45)51/h1-27H. The van der Waals surface area contributed by atoms with Gasteiger partial charge in [-0.2, -0.15) is 0 Å². The number of hydrogen-bond donors (Lipinski definition) is 0. The maximum atomic E-state index is 6.36. The molecule has 0 radical (unpaired) electrons. The summed E-state index contributed by atoms with van der Waals surface area (Å²) in [7, 11) is 0. The van der Waals surface area contributed by atoms with Crippen molar-refractivity contribution in [3.8, 4) is 17.2 Å². The number of benzene rings is 9. The molecule has 4 nitrogen and oxygen atoms in total. The molecule has 0 saturated carbocycles. The second kappa shape index (κ2) is 10.3. The average Bonchev–Trinajstić information content (AvgIpc) is 3.75. The molecule has 0 aliphatic heterocycles. The molecule has 0 spiro atoms. The molecule has 3 heterocycles. The fourth-order valence-corrected chi connectivity index (χ4v) is 8.80. The fraction of sp³-hybridized carbons (Fsp3) is 0. The summed E-state index contributed by atoms with van der Waals surface area (Å²) < 4.78 is 8.67. The topological polar surface area (TPSA) is 43.9 Å². The number of aromatic nitrogens is 3. The van der Waals surface area contributed by atoms with Crippen molar-refractivity contribution in [2.45, 2.75) is 0 Å². The highest BCUT2D eigenvalue weighted by Gasteiger charge is 2.24. The van der Waals surface area contributed by atoms with E-state index in [1.807, 2.05) is 18.2 Å². The van der Waals surface area contributed by atoms with Crippen LogP contribution in [0.3, 0.4) is 0 Å². The van der Waals surface area contributed by atoms with E-state index in [1.165, 1.54) is 53.9 Å². The Morgan fingerprint density at radius 2 is 0.962 bits per heavy atom. The zero-order valence-electron chi connectivity index (χ0n) is 27.8. The molecule has 0 fully saturated rings. The summed E-state index contributed by atoms with van der Waals surface area (Å²) in [5.74, 6) is 0.638. The van der Waals surface area contributed by atoms with Crippen molar-refractivity contribution in [3.05, 3.63) is 164 Å². The van der Waals surface area contributed by atoms with Crippen LogP contribution in [-0.2, 0) is 0 Å². The summed E-state index contributed by atoms with van der Waals surface area (Å²) in [5, 5.41) is 15.4. The first kappa shape index (κ1) is 27.7. The molecule has 0 N–H and O–H groups in total. The van der Waals surface area contributed by atoms with Gasteiger partial charge in [0, 0.05) is 43.3 Å². The maximum absolute atomic E-state index is 6.36. The first-order valence-corrected chi connectivity index (χ1v) is 17.7. The van der Waals surface area contributed by atoms with Crippen LogP contribution in [0.1, 0.15) is 0 Å². The van der Waals surface area contributed by atoms with E-state index >= 15 is 0 Å². The Bertz CT molecular complexity index is 3470. The Hall–Kier alpha value is -7.04. The van der Waals surface area contributed by atoms with Gasteiger partial charge in [-0.3, -0.25) is 4.57 Å². The van der Waals surface area contributed by atoms with Crippen LogP contribution in [0.2, 0.25) is 0 Å². The van der Waals surface area contributed by atoms with Gasteiger partial charge in [0.15, 0.2) is 0 Å². The third-order valence-electron chi connectivity index (χ3n) is 10.9. The van der Waals surface area contributed by atoms with E-state index in [4.69, 9.17) is 14.4 Å². The Morgan fingerprint density at radius 1 is 0.385 bits per heavy atom. The minimum atomic E-state index is 0.638. The lowest BCUT2D eigenvalue weighted by molar-refractivity contribution is 0.669. The minimum Gasteiger partial charge on any atom is -0.456 e. The molecule has 52 heavy (non-hydrogen) atoms. The zero-order chi connectivity index (χ0) is 33.9. The molecule has 0 amide bonds. The Morgan fingerprint density at radius 3 is 1.71 bits per heavy atom. The normalized spacial score (nSPS) is 12.2. The molecule has 4 heteroatoms. The van der Waals surface area contributed by atoms with Crippen molar-refractivity contribution in [2.75, 3.05) is 0 Å². The third-order valence-corrected chi connectivity index (χ3v) is 10.9. The van der Waals surface area contributed by atoms with Gasteiger partial charge in [-0.25, -0.2) is 9.97 Å². The first-order chi connectivity index (χ1) is 25.8. The van der Waals surface area contributed by atoms with E-state index < -0.39 is 0 Å². The van der Waals surface area contributed by atoms with Gasteiger partial charge in [0.25, 0.3) is 0 Å². The Labute approximate surface area is 296 Å². The molecule has 9 aromatic carbocycles. The van der Waals surface area contributed by atoms with Gasteiger partial charge in [-0.15, -0.1) is 0 Å². The van der Waals surface area contributed by atoms with Gasteiger partial charge in [-0.1, -0.05) is 140 Å². The molecule has 0 aliphatic carbocycles. The highest BCUT2D eigenvalue weighted by atomic mass is 16.3. The van der Waals surface area contributed by atoms with Crippen LogP contribution in [0, 0.1) is 0 Å². The number of para-hydroxylation sites is 2. The molecule has 12 rings (SSSR count). The number of rotatable bonds is 2. The van der Waals surface area contributed by atoms with Crippen LogP contribution in [0.25, 0.3) is 115 Å².